The van der Waals surface area contributed by atoms with Crippen LogP contribution in [0.2, 0.25) is 0 Å². The monoisotopic (exact) mass is 263 g/mol. The molecule has 0 bridgehead atoms. The van der Waals surface area contributed by atoms with Crippen LogP contribution in [-0.4, -0.2) is 33.3 Å². The van der Waals surface area contributed by atoms with E-state index in [0.717, 1.165) is 6.26 Å². The number of hydrogen-bond donors (Lipinski definition) is 1. The zero-order chi connectivity index (χ0) is 12.2. The lowest BCUT2D eigenvalue weighted by Gasteiger charge is -2.12. The van der Waals surface area contributed by atoms with Crippen LogP contribution in [-0.2, 0) is 14.8 Å². The van der Waals surface area contributed by atoms with E-state index in [1.807, 2.05) is 0 Å². The molecule has 1 aromatic rings. The molecule has 0 spiro atoms. The van der Waals surface area contributed by atoms with Gasteiger partial charge in [-0.2, -0.15) is 11.3 Å². The zero-order valence-corrected chi connectivity index (χ0v) is 10.6. The van der Waals surface area contributed by atoms with Crippen molar-refractivity contribution in [2.75, 3.05) is 12.8 Å². The van der Waals surface area contributed by atoms with Gasteiger partial charge < -0.3 is 4.74 Å². The summed E-state index contributed by atoms with van der Waals surface area (Å²) in [5.74, 6) is -0.441. The number of rotatable bonds is 5. The molecular weight excluding hydrogens is 250 g/mol. The number of nitrogens with one attached hydrogen (secondary N) is 1. The number of hydrogen-bond acceptors (Lipinski definition) is 5. The van der Waals surface area contributed by atoms with E-state index in [2.05, 4.69) is 4.72 Å². The molecule has 7 heteroatoms. The van der Waals surface area contributed by atoms with Gasteiger partial charge in [0.2, 0.25) is 10.0 Å². The second-order valence-electron chi connectivity index (χ2n) is 3.35. The van der Waals surface area contributed by atoms with E-state index in [1.165, 1.54) is 11.3 Å². The van der Waals surface area contributed by atoms with E-state index < -0.39 is 22.1 Å². The van der Waals surface area contributed by atoms with Gasteiger partial charge in [0.1, 0.15) is 6.10 Å². The lowest BCUT2D eigenvalue weighted by atomic mass is 10.3. The Hall–Kier alpha value is -0.920. The largest absolute Gasteiger partial charge is 0.458 e. The van der Waals surface area contributed by atoms with Crippen molar-refractivity contribution in [2.45, 2.75) is 13.0 Å². The van der Waals surface area contributed by atoms with Gasteiger partial charge in [0.05, 0.1) is 11.8 Å². The molecule has 0 aliphatic heterocycles. The highest BCUT2D eigenvalue weighted by Crippen LogP contribution is 2.08. The van der Waals surface area contributed by atoms with Crippen LogP contribution in [0.5, 0.6) is 0 Å². The highest BCUT2D eigenvalue weighted by atomic mass is 32.2. The van der Waals surface area contributed by atoms with Crippen molar-refractivity contribution in [2.24, 2.45) is 0 Å². The molecule has 16 heavy (non-hydrogen) atoms. The smallest absolute Gasteiger partial charge is 0.339 e. The number of ether oxygens (including phenoxy) is 1. The molecule has 1 heterocycles. The molecule has 1 atom stereocenters. The van der Waals surface area contributed by atoms with Crippen molar-refractivity contribution in [3.63, 3.8) is 0 Å². The Balaban J connectivity index is 2.40. The molecule has 1 N–H and O–H groups in total. The number of esters is 1. The molecule has 0 aliphatic rings. The molecule has 0 radical (unpaired) electrons. The van der Waals surface area contributed by atoms with Crippen LogP contribution in [0.4, 0.5) is 0 Å². The van der Waals surface area contributed by atoms with Gasteiger partial charge in [-0.25, -0.2) is 17.9 Å². The van der Waals surface area contributed by atoms with Gasteiger partial charge in [0.25, 0.3) is 0 Å². The molecule has 0 saturated carbocycles. The normalized spacial score (nSPS) is 13.4. The van der Waals surface area contributed by atoms with Crippen LogP contribution >= 0.6 is 11.3 Å². The average molecular weight is 263 g/mol. The van der Waals surface area contributed by atoms with E-state index in [9.17, 15) is 13.2 Å². The number of carbonyl (C=O) groups is 1. The summed E-state index contributed by atoms with van der Waals surface area (Å²) in [6.45, 7) is 1.71. The van der Waals surface area contributed by atoms with E-state index in [-0.39, 0.29) is 6.54 Å². The molecule has 1 aromatic heterocycles. The third-order valence-corrected chi connectivity index (χ3v) is 3.07. The summed E-state index contributed by atoms with van der Waals surface area (Å²) >= 11 is 1.40. The summed E-state index contributed by atoms with van der Waals surface area (Å²) in [5.41, 5.74) is 0.483. The average Bonchev–Trinajstić information content (AvgIpc) is 2.66. The molecule has 0 amide bonds. The van der Waals surface area contributed by atoms with Gasteiger partial charge >= 0.3 is 5.97 Å². The van der Waals surface area contributed by atoms with Crippen molar-refractivity contribution in [3.05, 3.63) is 22.4 Å². The minimum atomic E-state index is -3.25. The van der Waals surface area contributed by atoms with Crippen LogP contribution in [0.15, 0.2) is 16.8 Å². The Labute approximate surface area is 98.5 Å². The van der Waals surface area contributed by atoms with E-state index in [0.29, 0.717) is 5.56 Å². The quantitative estimate of drug-likeness (QED) is 0.799. The summed E-state index contributed by atoms with van der Waals surface area (Å²) in [5, 5.41) is 3.45. The fourth-order valence-electron chi connectivity index (χ4n) is 0.942. The fraction of sp³-hybridized carbons (Fsp3) is 0.444. The SMILES string of the molecule is CC(CNS(C)(=O)=O)OC(=O)c1ccsc1. The molecule has 0 aromatic carbocycles. The Morgan fingerprint density at radius 1 is 1.62 bits per heavy atom. The summed E-state index contributed by atoms with van der Waals surface area (Å²) < 4.78 is 28.9. The number of thiophene rings is 1. The first-order chi connectivity index (χ1) is 7.38. The van der Waals surface area contributed by atoms with Crippen LogP contribution in [0.1, 0.15) is 17.3 Å². The van der Waals surface area contributed by atoms with Crippen LogP contribution in [0, 0.1) is 0 Å². The second-order valence-corrected chi connectivity index (χ2v) is 5.96. The van der Waals surface area contributed by atoms with Crippen LogP contribution in [0.25, 0.3) is 0 Å². The first kappa shape index (κ1) is 13.1. The van der Waals surface area contributed by atoms with Gasteiger partial charge in [0.15, 0.2) is 0 Å². The summed E-state index contributed by atoms with van der Waals surface area (Å²) in [7, 11) is -3.25. The Kier molecular flexibility index (Phi) is 4.45. The van der Waals surface area contributed by atoms with Gasteiger partial charge in [-0.05, 0) is 18.4 Å². The van der Waals surface area contributed by atoms with Crippen molar-refractivity contribution in [1.29, 1.82) is 0 Å². The molecule has 0 fully saturated rings. The maximum atomic E-state index is 11.4. The topological polar surface area (TPSA) is 72.5 Å². The lowest BCUT2D eigenvalue weighted by Crippen LogP contribution is -2.32. The third-order valence-electron chi connectivity index (χ3n) is 1.70. The maximum absolute atomic E-state index is 11.4. The maximum Gasteiger partial charge on any atom is 0.339 e. The van der Waals surface area contributed by atoms with Gasteiger partial charge in [-0.1, -0.05) is 0 Å². The zero-order valence-electron chi connectivity index (χ0n) is 8.97. The van der Waals surface area contributed by atoms with E-state index >= 15 is 0 Å². The second kappa shape index (κ2) is 5.42. The lowest BCUT2D eigenvalue weighted by molar-refractivity contribution is 0.0352. The molecule has 0 saturated heterocycles. The summed E-state index contributed by atoms with van der Waals surface area (Å²) in [4.78, 5) is 11.4. The molecular formula is C9H13NO4S2. The fourth-order valence-corrected chi connectivity index (χ4v) is 2.10. The molecule has 1 unspecified atom stereocenters. The minimum absolute atomic E-state index is 0.0781. The van der Waals surface area contributed by atoms with Crippen molar-refractivity contribution < 1.29 is 17.9 Å². The third kappa shape index (κ3) is 4.73. The van der Waals surface area contributed by atoms with Gasteiger partial charge in [-0.3, -0.25) is 0 Å². The first-order valence-electron chi connectivity index (χ1n) is 4.56. The summed E-state index contributed by atoms with van der Waals surface area (Å²) in [6, 6.07) is 1.66. The first-order valence-corrected chi connectivity index (χ1v) is 7.40. The standard InChI is InChI=1S/C9H13NO4S2/c1-7(5-10-16(2,12)13)14-9(11)8-3-4-15-6-8/h3-4,6-7,10H,5H2,1-2H3. The van der Waals surface area contributed by atoms with E-state index in [1.54, 1.807) is 23.8 Å². The highest BCUT2D eigenvalue weighted by molar-refractivity contribution is 7.88. The predicted octanol–water partition coefficient (Wildman–Crippen LogP) is 0.843. The number of carbonyl (C=O) groups excluding carboxylic acids is 1. The molecule has 1 rings (SSSR count). The highest BCUT2D eigenvalue weighted by Gasteiger charge is 2.13. The van der Waals surface area contributed by atoms with E-state index in [4.69, 9.17) is 4.74 Å². The van der Waals surface area contributed by atoms with Gasteiger partial charge in [-0.15, -0.1) is 0 Å². The van der Waals surface area contributed by atoms with Crippen LogP contribution < -0.4 is 4.72 Å². The minimum Gasteiger partial charge on any atom is -0.458 e. The summed E-state index contributed by atoms with van der Waals surface area (Å²) in [6.07, 6.45) is 0.558. The Morgan fingerprint density at radius 3 is 2.81 bits per heavy atom. The van der Waals surface area contributed by atoms with Crippen molar-refractivity contribution in [1.82, 2.24) is 4.72 Å². The van der Waals surface area contributed by atoms with Crippen molar-refractivity contribution >= 4 is 27.3 Å². The molecule has 90 valence electrons. The predicted molar refractivity (Wildman–Crippen MR) is 62.0 cm³/mol. The van der Waals surface area contributed by atoms with Crippen molar-refractivity contribution in [3.8, 4) is 0 Å². The van der Waals surface area contributed by atoms with Crippen LogP contribution in [0.3, 0.4) is 0 Å². The number of sulfonamides is 1. The Morgan fingerprint density at radius 2 is 2.31 bits per heavy atom. The Bertz CT molecular complexity index is 438. The molecule has 0 aliphatic carbocycles. The molecule has 5 nitrogen and oxygen atoms in total. The van der Waals surface area contributed by atoms with Gasteiger partial charge in [0, 0.05) is 11.9 Å².